The van der Waals surface area contributed by atoms with E-state index in [1.165, 1.54) is 12.1 Å². The van der Waals surface area contributed by atoms with Gasteiger partial charge in [0, 0.05) is 31.4 Å². The average Bonchev–Trinajstić information content (AvgIpc) is 2.74. The predicted molar refractivity (Wildman–Crippen MR) is 113 cm³/mol. The number of anilines is 4. The Morgan fingerprint density at radius 3 is 2.59 bits per heavy atom. The molecule has 2 heterocycles. The predicted octanol–water partition coefficient (Wildman–Crippen LogP) is 4.12. The SMILES string of the molecule is Cc1cc(Nc2ccccc2N2CCOCC2)nc(NCc2ccc(F)cc2)n1. The summed E-state index contributed by atoms with van der Waals surface area (Å²) in [5.74, 6) is 1.01. The van der Waals surface area contributed by atoms with Crippen molar-refractivity contribution < 1.29 is 9.13 Å². The summed E-state index contributed by atoms with van der Waals surface area (Å²) in [6, 6.07) is 16.5. The molecule has 7 heteroatoms. The van der Waals surface area contributed by atoms with Crippen molar-refractivity contribution in [3.05, 3.63) is 71.7 Å². The summed E-state index contributed by atoms with van der Waals surface area (Å²) in [6.45, 7) is 5.66. The first-order valence-electron chi connectivity index (χ1n) is 9.70. The van der Waals surface area contributed by atoms with Gasteiger partial charge in [0.1, 0.15) is 11.6 Å². The van der Waals surface area contributed by atoms with Crippen LogP contribution in [0.1, 0.15) is 11.3 Å². The second-order valence-electron chi connectivity index (χ2n) is 6.94. The molecule has 1 aliphatic rings. The van der Waals surface area contributed by atoms with E-state index in [4.69, 9.17) is 4.74 Å². The number of para-hydroxylation sites is 2. The maximum absolute atomic E-state index is 13.1. The van der Waals surface area contributed by atoms with Crippen molar-refractivity contribution in [2.24, 2.45) is 0 Å². The number of benzene rings is 2. The van der Waals surface area contributed by atoms with Crippen LogP contribution in [-0.4, -0.2) is 36.3 Å². The largest absolute Gasteiger partial charge is 0.378 e. The first-order valence-corrected chi connectivity index (χ1v) is 9.70. The third-order valence-electron chi connectivity index (χ3n) is 4.74. The number of nitrogens with zero attached hydrogens (tertiary/aromatic N) is 3. The lowest BCUT2D eigenvalue weighted by molar-refractivity contribution is 0.123. The van der Waals surface area contributed by atoms with Gasteiger partial charge < -0.3 is 20.3 Å². The van der Waals surface area contributed by atoms with E-state index in [-0.39, 0.29) is 5.82 Å². The molecule has 0 bridgehead atoms. The van der Waals surface area contributed by atoms with Gasteiger partial charge in [0.05, 0.1) is 24.6 Å². The standard InChI is InChI=1S/C22H24FN5O/c1-16-14-21(27-22(25-16)24-15-17-6-8-18(23)9-7-17)26-19-4-2-3-5-20(19)28-10-12-29-13-11-28/h2-9,14H,10-13,15H2,1H3,(H2,24,25,26,27). The van der Waals surface area contributed by atoms with Crippen molar-refractivity contribution in [1.29, 1.82) is 0 Å². The van der Waals surface area contributed by atoms with Crippen LogP contribution >= 0.6 is 0 Å². The molecular weight excluding hydrogens is 369 g/mol. The summed E-state index contributed by atoms with van der Waals surface area (Å²) in [6.07, 6.45) is 0. The average molecular weight is 393 g/mol. The molecule has 0 spiro atoms. The van der Waals surface area contributed by atoms with E-state index in [0.29, 0.717) is 12.5 Å². The fraction of sp³-hybridized carbons (Fsp3) is 0.273. The summed E-state index contributed by atoms with van der Waals surface area (Å²) in [5, 5.41) is 6.65. The Bertz CT molecular complexity index is 958. The summed E-state index contributed by atoms with van der Waals surface area (Å²) in [4.78, 5) is 11.4. The normalized spacial score (nSPS) is 13.9. The Labute approximate surface area is 169 Å². The van der Waals surface area contributed by atoms with E-state index in [0.717, 1.165) is 54.8 Å². The zero-order chi connectivity index (χ0) is 20.1. The van der Waals surface area contributed by atoms with Crippen LogP contribution in [0.3, 0.4) is 0 Å². The molecular formula is C22H24FN5O. The number of morpholine rings is 1. The van der Waals surface area contributed by atoms with Gasteiger partial charge in [0.25, 0.3) is 0 Å². The number of hydrogen-bond acceptors (Lipinski definition) is 6. The van der Waals surface area contributed by atoms with Crippen molar-refractivity contribution in [2.45, 2.75) is 13.5 Å². The lowest BCUT2D eigenvalue weighted by Crippen LogP contribution is -2.36. The van der Waals surface area contributed by atoms with Gasteiger partial charge in [0.2, 0.25) is 5.95 Å². The number of halogens is 1. The lowest BCUT2D eigenvalue weighted by atomic mass is 10.2. The molecule has 29 heavy (non-hydrogen) atoms. The van der Waals surface area contributed by atoms with Crippen LogP contribution in [0.25, 0.3) is 0 Å². The fourth-order valence-corrected chi connectivity index (χ4v) is 3.29. The Morgan fingerprint density at radius 2 is 1.79 bits per heavy atom. The molecule has 1 aromatic heterocycles. The number of nitrogens with one attached hydrogen (secondary N) is 2. The fourth-order valence-electron chi connectivity index (χ4n) is 3.29. The maximum Gasteiger partial charge on any atom is 0.225 e. The Balaban J connectivity index is 1.50. The monoisotopic (exact) mass is 393 g/mol. The highest BCUT2D eigenvalue weighted by molar-refractivity contribution is 5.74. The minimum absolute atomic E-state index is 0.244. The molecule has 150 valence electrons. The third-order valence-corrected chi connectivity index (χ3v) is 4.74. The molecule has 1 aliphatic heterocycles. The molecule has 1 saturated heterocycles. The molecule has 0 unspecified atom stereocenters. The molecule has 0 radical (unpaired) electrons. The molecule has 0 atom stereocenters. The van der Waals surface area contributed by atoms with Crippen molar-refractivity contribution in [2.75, 3.05) is 41.8 Å². The first-order chi connectivity index (χ1) is 14.2. The van der Waals surface area contributed by atoms with E-state index < -0.39 is 0 Å². The quantitative estimate of drug-likeness (QED) is 0.657. The van der Waals surface area contributed by atoms with E-state index in [1.807, 2.05) is 31.2 Å². The van der Waals surface area contributed by atoms with Crippen LogP contribution < -0.4 is 15.5 Å². The highest BCUT2D eigenvalue weighted by Gasteiger charge is 2.15. The Morgan fingerprint density at radius 1 is 1.03 bits per heavy atom. The van der Waals surface area contributed by atoms with Crippen LogP contribution in [0.4, 0.5) is 27.5 Å². The number of aromatic nitrogens is 2. The van der Waals surface area contributed by atoms with Crippen molar-refractivity contribution in [1.82, 2.24) is 9.97 Å². The zero-order valence-corrected chi connectivity index (χ0v) is 16.4. The van der Waals surface area contributed by atoms with Gasteiger partial charge in [-0.05, 0) is 36.8 Å². The second kappa shape index (κ2) is 8.87. The molecule has 1 fully saturated rings. The minimum Gasteiger partial charge on any atom is -0.378 e. The van der Waals surface area contributed by atoms with Crippen LogP contribution in [-0.2, 0) is 11.3 Å². The van der Waals surface area contributed by atoms with E-state index in [1.54, 1.807) is 12.1 Å². The van der Waals surface area contributed by atoms with Gasteiger partial charge in [-0.3, -0.25) is 0 Å². The third kappa shape index (κ3) is 5.00. The van der Waals surface area contributed by atoms with Gasteiger partial charge in [0.15, 0.2) is 0 Å². The molecule has 0 saturated carbocycles. The molecule has 0 amide bonds. The van der Waals surface area contributed by atoms with Gasteiger partial charge in [-0.25, -0.2) is 9.37 Å². The van der Waals surface area contributed by atoms with Crippen molar-refractivity contribution >= 4 is 23.1 Å². The minimum atomic E-state index is -0.244. The molecule has 3 aromatic rings. The van der Waals surface area contributed by atoms with E-state index in [2.05, 4.69) is 31.6 Å². The molecule has 6 nitrogen and oxygen atoms in total. The summed E-state index contributed by atoms with van der Waals surface area (Å²) in [5.41, 5.74) is 3.95. The van der Waals surface area contributed by atoms with Gasteiger partial charge in [-0.15, -0.1) is 0 Å². The van der Waals surface area contributed by atoms with E-state index in [9.17, 15) is 4.39 Å². The Hall–Kier alpha value is -3.19. The number of aryl methyl sites for hydroxylation is 1. The zero-order valence-electron chi connectivity index (χ0n) is 16.4. The van der Waals surface area contributed by atoms with Crippen LogP contribution in [0, 0.1) is 12.7 Å². The van der Waals surface area contributed by atoms with Crippen LogP contribution in [0.2, 0.25) is 0 Å². The van der Waals surface area contributed by atoms with Gasteiger partial charge >= 0.3 is 0 Å². The van der Waals surface area contributed by atoms with Crippen LogP contribution in [0.5, 0.6) is 0 Å². The van der Waals surface area contributed by atoms with E-state index >= 15 is 0 Å². The summed E-state index contributed by atoms with van der Waals surface area (Å²) >= 11 is 0. The van der Waals surface area contributed by atoms with Gasteiger partial charge in [-0.1, -0.05) is 24.3 Å². The molecule has 2 aromatic carbocycles. The number of hydrogen-bond donors (Lipinski definition) is 2. The highest BCUT2D eigenvalue weighted by atomic mass is 19.1. The topological polar surface area (TPSA) is 62.3 Å². The first kappa shape index (κ1) is 19.1. The highest BCUT2D eigenvalue weighted by Crippen LogP contribution is 2.29. The molecule has 4 rings (SSSR count). The summed E-state index contributed by atoms with van der Waals surface area (Å²) < 4.78 is 18.5. The second-order valence-corrected chi connectivity index (χ2v) is 6.94. The van der Waals surface area contributed by atoms with Crippen LogP contribution in [0.15, 0.2) is 54.6 Å². The smallest absolute Gasteiger partial charge is 0.225 e. The number of rotatable bonds is 6. The van der Waals surface area contributed by atoms with Crippen molar-refractivity contribution in [3.8, 4) is 0 Å². The molecule has 2 N–H and O–H groups in total. The summed E-state index contributed by atoms with van der Waals surface area (Å²) in [7, 11) is 0. The van der Waals surface area contributed by atoms with Gasteiger partial charge in [-0.2, -0.15) is 4.98 Å². The molecule has 0 aliphatic carbocycles. The lowest BCUT2D eigenvalue weighted by Gasteiger charge is -2.30. The maximum atomic E-state index is 13.1. The Kier molecular flexibility index (Phi) is 5.86. The number of ether oxygens (including phenoxy) is 1. The van der Waals surface area contributed by atoms with Crippen molar-refractivity contribution in [3.63, 3.8) is 0 Å².